The molecular formula is C37H40N4. The molecule has 0 saturated carbocycles. The fourth-order valence-corrected chi connectivity index (χ4v) is 5.93. The molecule has 0 aliphatic heterocycles. The molecule has 0 atom stereocenters. The molecule has 0 fully saturated rings. The molecule has 8 N–H and O–H groups in total. The lowest BCUT2D eigenvalue weighted by Gasteiger charge is -2.25. The summed E-state index contributed by atoms with van der Waals surface area (Å²) in [7, 11) is 0. The van der Waals surface area contributed by atoms with Crippen LogP contribution in [0.15, 0.2) is 97.1 Å². The van der Waals surface area contributed by atoms with Gasteiger partial charge in [-0.1, -0.05) is 95.1 Å². The number of benzene rings is 5. The van der Waals surface area contributed by atoms with E-state index in [1.165, 1.54) is 16.7 Å². The highest BCUT2D eigenvalue weighted by molar-refractivity contribution is 5.64. The summed E-state index contributed by atoms with van der Waals surface area (Å²) in [5, 5.41) is 0. The van der Waals surface area contributed by atoms with Crippen LogP contribution >= 0.6 is 0 Å². The molecule has 0 heterocycles. The van der Waals surface area contributed by atoms with Gasteiger partial charge >= 0.3 is 0 Å². The van der Waals surface area contributed by atoms with Crippen molar-refractivity contribution >= 4 is 22.7 Å². The van der Waals surface area contributed by atoms with Crippen LogP contribution in [0.2, 0.25) is 0 Å². The molecule has 5 aromatic carbocycles. The van der Waals surface area contributed by atoms with Crippen molar-refractivity contribution in [2.75, 3.05) is 22.9 Å². The molecule has 41 heavy (non-hydrogen) atoms. The molecule has 5 rings (SSSR count). The molecule has 0 bridgehead atoms. The van der Waals surface area contributed by atoms with Crippen molar-refractivity contribution in [1.29, 1.82) is 0 Å². The summed E-state index contributed by atoms with van der Waals surface area (Å²) in [5.74, 6) is -0.113. The maximum absolute atomic E-state index is 6.62. The molecular weight excluding hydrogens is 500 g/mol. The lowest BCUT2D eigenvalue weighted by Crippen LogP contribution is -2.12. The lowest BCUT2D eigenvalue weighted by atomic mass is 9.80. The maximum atomic E-state index is 6.62. The van der Waals surface area contributed by atoms with Gasteiger partial charge in [0.25, 0.3) is 0 Å². The van der Waals surface area contributed by atoms with Gasteiger partial charge in [0.05, 0.1) is 0 Å². The lowest BCUT2D eigenvalue weighted by molar-refractivity contribution is 0.805. The minimum absolute atomic E-state index is 0.00317. The van der Waals surface area contributed by atoms with Crippen LogP contribution in [-0.2, 0) is 6.42 Å². The third-order valence-corrected chi connectivity index (χ3v) is 8.07. The van der Waals surface area contributed by atoms with E-state index < -0.39 is 0 Å². The third kappa shape index (κ3) is 5.92. The monoisotopic (exact) mass is 540 g/mol. The average molecular weight is 541 g/mol. The van der Waals surface area contributed by atoms with Crippen LogP contribution in [0.1, 0.15) is 67.5 Å². The zero-order valence-electron chi connectivity index (χ0n) is 24.4. The van der Waals surface area contributed by atoms with Gasteiger partial charge in [0.2, 0.25) is 0 Å². The fraction of sp³-hybridized carbons (Fsp3) is 0.189. The number of hydrogen-bond acceptors (Lipinski definition) is 4. The minimum atomic E-state index is -0.110. The molecule has 208 valence electrons. The van der Waals surface area contributed by atoms with E-state index >= 15 is 0 Å². The molecule has 5 aromatic rings. The van der Waals surface area contributed by atoms with E-state index in [0.717, 1.165) is 68.1 Å². The highest BCUT2D eigenvalue weighted by Gasteiger charge is 2.24. The van der Waals surface area contributed by atoms with Crippen molar-refractivity contribution in [3.05, 3.63) is 153 Å². The molecule has 4 heteroatoms. The average Bonchev–Trinajstić information content (AvgIpc) is 2.94. The van der Waals surface area contributed by atoms with E-state index in [2.05, 4.69) is 100 Å². The Balaban J connectivity index is 1.66. The van der Waals surface area contributed by atoms with E-state index in [9.17, 15) is 0 Å². The van der Waals surface area contributed by atoms with Gasteiger partial charge in [-0.15, -0.1) is 0 Å². The first-order chi connectivity index (χ1) is 19.6. The Morgan fingerprint density at radius 2 is 0.854 bits per heavy atom. The quantitative estimate of drug-likeness (QED) is 0.125. The van der Waals surface area contributed by atoms with Crippen molar-refractivity contribution in [3.8, 4) is 0 Å². The number of aryl methyl sites for hydroxylation is 4. The first kappa shape index (κ1) is 27.9. The van der Waals surface area contributed by atoms with Crippen LogP contribution in [-0.4, -0.2) is 0 Å². The molecule has 0 saturated heterocycles. The Kier molecular flexibility index (Phi) is 7.76. The van der Waals surface area contributed by atoms with Crippen LogP contribution in [0.4, 0.5) is 22.7 Å². The molecule has 0 amide bonds. The highest BCUT2D eigenvalue weighted by Crippen LogP contribution is 2.41. The van der Waals surface area contributed by atoms with E-state index in [1.807, 2.05) is 24.3 Å². The molecule has 0 aliphatic carbocycles. The van der Waals surface area contributed by atoms with Gasteiger partial charge in [0.1, 0.15) is 0 Å². The smallest absolute Gasteiger partial charge is 0.0380 e. The molecule has 0 spiro atoms. The van der Waals surface area contributed by atoms with Crippen molar-refractivity contribution in [1.82, 2.24) is 0 Å². The summed E-state index contributed by atoms with van der Waals surface area (Å²) in [6.45, 7) is 8.39. The van der Waals surface area contributed by atoms with Crippen LogP contribution in [0, 0.1) is 27.7 Å². The van der Waals surface area contributed by atoms with Gasteiger partial charge < -0.3 is 22.9 Å². The van der Waals surface area contributed by atoms with Gasteiger partial charge in [-0.25, -0.2) is 0 Å². The van der Waals surface area contributed by atoms with Gasteiger partial charge in [-0.3, -0.25) is 0 Å². The predicted octanol–water partition coefficient (Wildman–Crippen LogP) is 7.80. The van der Waals surface area contributed by atoms with Crippen LogP contribution in [0.3, 0.4) is 0 Å². The molecule has 0 aliphatic rings. The first-order valence-corrected chi connectivity index (χ1v) is 14.1. The number of anilines is 4. The number of nitrogen functional groups attached to an aromatic ring is 4. The van der Waals surface area contributed by atoms with Gasteiger partial charge in [0, 0.05) is 34.6 Å². The molecule has 0 radical (unpaired) electrons. The first-order valence-electron chi connectivity index (χ1n) is 14.1. The topological polar surface area (TPSA) is 104 Å². The second-order valence-electron chi connectivity index (χ2n) is 11.5. The van der Waals surface area contributed by atoms with Crippen LogP contribution in [0.5, 0.6) is 0 Å². The molecule has 4 nitrogen and oxygen atoms in total. The third-order valence-electron chi connectivity index (χ3n) is 8.07. The number of hydrogen-bond donors (Lipinski definition) is 4. The highest BCUT2D eigenvalue weighted by atomic mass is 14.6. The summed E-state index contributed by atoms with van der Waals surface area (Å²) < 4.78 is 0. The number of rotatable bonds is 7. The van der Waals surface area contributed by atoms with Crippen molar-refractivity contribution in [2.45, 2.75) is 46.0 Å². The standard InChI is InChI=1S/C37H40N4/c1-22-8-12-33(38)29(16-22)28(30-17-23(2)9-13-34(30)39)21-26-6-5-7-27(20-26)37(31-18-24(3)10-14-35(31)40)32-19-25(4)11-15-36(32)41/h5-20,28,37H,21,38-41H2,1-4H3. The van der Waals surface area contributed by atoms with Gasteiger partial charge in [0.15, 0.2) is 0 Å². The van der Waals surface area contributed by atoms with E-state index in [0.29, 0.717) is 0 Å². The second kappa shape index (κ2) is 11.4. The summed E-state index contributed by atoms with van der Waals surface area (Å²) >= 11 is 0. The second-order valence-corrected chi connectivity index (χ2v) is 11.5. The van der Waals surface area contributed by atoms with Crippen LogP contribution in [0.25, 0.3) is 0 Å². The number of nitrogens with two attached hydrogens (primary N) is 4. The summed E-state index contributed by atoms with van der Waals surface area (Å²) in [4.78, 5) is 0. The maximum Gasteiger partial charge on any atom is 0.0380 e. The SMILES string of the molecule is Cc1ccc(N)c(C(Cc2cccc(C(c3cc(C)ccc3N)c3cc(C)ccc3N)c2)c2cc(C)ccc2N)c1. The molecule has 0 aromatic heterocycles. The Hall–Kier alpha value is -4.70. The van der Waals surface area contributed by atoms with E-state index in [-0.39, 0.29) is 11.8 Å². The Morgan fingerprint density at radius 1 is 0.463 bits per heavy atom. The van der Waals surface area contributed by atoms with Crippen molar-refractivity contribution in [3.63, 3.8) is 0 Å². The molecule has 0 unspecified atom stereocenters. The summed E-state index contributed by atoms with van der Waals surface area (Å²) in [6.07, 6.45) is 0.745. The normalized spacial score (nSPS) is 11.4. The van der Waals surface area contributed by atoms with Gasteiger partial charge in [-0.05, 0) is 91.8 Å². The summed E-state index contributed by atoms with van der Waals surface area (Å²) in [5.41, 5.74) is 40.8. The van der Waals surface area contributed by atoms with E-state index in [4.69, 9.17) is 22.9 Å². The largest absolute Gasteiger partial charge is 0.398 e. The minimum Gasteiger partial charge on any atom is -0.398 e. The van der Waals surface area contributed by atoms with Gasteiger partial charge in [-0.2, -0.15) is 0 Å². The van der Waals surface area contributed by atoms with Crippen molar-refractivity contribution in [2.24, 2.45) is 0 Å². The van der Waals surface area contributed by atoms with E-state index in [1.54, 1.807) is 0 Å². The Labute approximate surface area is 244 Å². The zero-order chi connectivity index (χ0) is 29.3. The van der Waals surface area contributed by atoms with Crippen molar-refractivity contribution < 1.29 is 0 Å². The Morgan fingerprint density at radius 3 is 1.29 bits per heavy atom. The fourth-order valence-electron chi connectivity index (χ4n) is 5.93. The predicted molar refractivity (Wildman–Crippen MR) is 175 cm³/mol. The van der Waals surface area contributed by atoms with Crippen LogP contribution < -0.4 is 22.9 Å². The Bertz CT molecular complexity index is 1620. The summed E-state index contributed by atoms with van der Waals surface area (Å²) in [6, 6.07) is 33.7. The zero-order valence-corrected chi connectivity index (χ0v) is 24.4.